The Morgan fingerprint density at radius 1 is 1.17 bits per heavy atom. The van der Waals surface area contributed by atoms with E-state index in [1.165, 1.54) is 11.0 Å². The summed E-state index contributed by atoms with van der Waals surface area (Å²) in [5.74, 6) is 1.22. The van der Waals surface area contributed by atoms with E-state index < -0.39 is 0 Å². The van der Waals surface area contributed by atoms with E-state index in [0.717, 1.165) is 70.1 Å². The molecule has 198 valence electrons. The predicted octanol–water partition coefficient (Wildman–Crippen LogP) is 5.00. The van der Waals surface area contributed by atoms with Crippen molar-refractivity contribution in [1.82, 2.24) is 24.5 Å². The number of piperazine rings is 1. The first-order valence-corrected chi connectivity index (χ1v) is 13.2. The highest BCUT2D eigenvalue weighted by Crippen LogP contribution is 2.23. The van der Waals surface area contributed by atoms with E-state index in [1.807, 2.05) is 30.9 Å². The number of rotatable bonds is 11. The number of carbonyl (C=O) groups is 1. The Hall–Kier alpha value is -2.90. The number of nitrogens with one attached hydrogen (secondary N) is 1. The van der Waals surface area contributed by atoms with Crippen LogP contribution in [0.3, 0.4) is 0 Å². The van der Waals surface area contributed by atoms with Crippen LogP contribution in [-0.4, -0.2) is 83.8 Å². The second-order valence-corrected chi connectivity index (χ2v) is 9.25. The third kappa shape index (κ3) is 9.28. The fraction of sp³-hybridized carbons (Fsp3) is 0.517. The lowest BCUT2D eigenvalue weighted by Crippen LogP contribution is -2.48. The quantitative estimate of drug-likeness (QED) is 0.352. The number of hydrogen-bond acceptors (Lipinski definition) is 5. The predicted molar refractivity (Wildman–Crippen MR) is 153 cm³/mol. The number of carbonyl (C=O) groups excluding carboxylic acids is 1. The third-order valence-corrected chi connectivity index (χ3v) is 6.21. The topological polar surface area (TPSA) is 56.6 Å². The molecular formula is C29H46N6O. The molecule has 0 spiro atoms. The van der Waals surface area contributed by atoms with E-state index in [0.29, 0.717) is 6.42 Å². The molecule has 7 heteroatoms. The van der Waals surface area contributed by atoms with Crippen LogP contribution >= 0.6 is 0 Å². The van der Waals surface area contributed by atoms with Gasteiger partial charge in [0.1, 0.15) is 0 Å². The molecule has 36 heavy (non-hydrogen) atoms. The highest BCUT2D eigenvalue weighted by atomic mass is 16.2. The van der Waals surface area contributed by atoms with E-state index >= 15 is 0 Å². The van der Waals surface area contributed by atoms with Crippen molar-refractivity contribution < 1.29 is 4.79 Å². The fourth-order valence-corrected chi connectivity index (χ4v) is 4.06. The van der Waals surface area contributed by atoms with E-state index in [2.05, 4.69) is 83.8 Å². The van der Waals surface area contributed by atoms with Gasteiger partial charge in [0.25, 0.3) is 0 Å². The van der Waals surface area contributed by atoms with Crippen LogP contribution in [0.15, 0.2) is 60.7 Å². The Labute approximate surface area is 218 Å². The molecule has 2 aromatic rings. The molecule has 7 nitrogen and oxygen atoms in total. The average Bonchev–Trinajstić information content (AvgIpc) is 3.24. The molecule has 0 unspecified atom stereocenters. The van der Waals surface area contributed by atoms with Crippen molar-refractivity contribution in [2.24, 2.45) is 0 Å². The highest BCUT2D eigenvalue weighted by molar-refractivity contribution is 5.90. The number of hydrogen-bond donors (Lipinski definition) is 1. The summed E-state index contributed by atoms with van der Waals surface area (Å²) >= 11 is 0. The first kappa shape index (κ1) is 29.3. The molecule has 2 heterocycles. The van der Waals surface area contributed by atoms with Crippen LogP contribution in [0.25, 0.3) is 10.9 Å². The normalized spacial score (nSPS) is 14.8. The second-order valence-electron chi connectivity index (χ2n) is 9.25. The lowest BCUT2D eigenvalue weighted by atomic mass is 10.2. The number of para-hydroxylation sites is 1. The van der Waals surface area contributed by atoms with Gasteiger partial charge in [0.05, 0.1) is 12.2 Å². The van der Waals surface area contributed by atoms with Crippen LogP contribution in [0.1, 0.15) is 40.0 Å². The van der Waals surface area contributed by atoms with Gasteiger partial charge in [0, 0.05) is 44.5 Å². The van der Waals surface area contributed by atoms with Gasteiger partial charge in [-0.1, -0.05) is 56.9 Å². The second kappa shape index (κ2) is 16.0. The van der Waals surface area contributed by atoms with Gasteiger partial charge in [-0.2, -0.15) is 5.10 Å². The molecule has 1 aliphatic rings. The first-order valence-electron chi connectivity index (χ1n) is 13.2. The molecule has 1 N–H and O–H groups in total. The largest absolute Gasteiger partial charge is 0.368 e. The van der Waals surface area contributed by atoms with Crippen molar-refractivity contribution in [3.8, 4) is 0 Å². The summed E-state index contributed by atoms with van der Waals surface area (Å²) in [6.45, 7) is 15.9. The van der Waals surface area contributed by atoms with Crippen LogP contribution in [0.4, 0.5) is 5.82 Å². The van der Waals surface area contributed by atoms with Gasteiger partial charge in [-0.05, 0) is 58.1 Å². The summed E-state index contributed by atoms with van der Waals surface area (Å²) in [6, 6.07) is 8.39. The van der Waals surface area contributed by atoms with Gasteiger partial charge >= 0.3 is 0 Å². The minimum atomic E-state index is 0.253. The van der Waals surface area contributed by atoms with Crippen molar-refractivity contribution in [1.29, 1.82) is 0 Å². The number of nitrogens with zero attached hydrogens (tertiary/aromatic N) is 5. The van der Waals surface area contributed by atoms with Crippen LogP contribution < -0.4 is 5.32 Å². The van der Waals surface area contributed by atoms with Gasteiger partial charge < -0.3 is 15.1 Å². The van der Waals surface area contributed by atoms with Gasteiger partial charge in [0.2, 0.25) is 5.91 Å². The molecule has 1 amide bonds. The Morgan fingerprint density at radius 2 is 1.89 bits per heavy atom. The molecule has 1 aromatic heterocycles. The number of amides is 1. The minimum absolute atomic E-state index is 0.253. The monoisotopic (exact) mass is 494 g/mol. The van der Waals surface area contributed by atoms with Crippen molar-refractivity contribution in [2.45, 2.75) is 46.7 Å². The SMILES string of the molecule is C=CC(/C=C\CC)=C/C.CCC(=O)N1CCN(Cn2nc(NCCCN(C)C)c3ccccc32)CC1. The fourth-order valence-electron chi connectivity index (χ4n) is 4.06. The van der Waals surface area contributed by atoms with Crippen LogP contribution in [-0.2, 0) is 11.5 Å². The minimum Gasteiger partial charge on any atom is -0.368 e. The molecule has 0 aliphatic carbocycles. The van der Waals surface area contributed by atoms with Crippen molar-refractivity contribution >= 4 is 22.6 Å². The lowest BCUT2D eigenvalue weighted by molar-refractivity contribution is -0.132. The summed E-state index contributed by atoms with van der Waals surface area (Å²) in [7, 11) is 4.19. The summed E-state index contributed by atoms with van der Waals surface area (Å²) in [6.07, 6.45) is 10.9. The van der Waals surface area contributed by atoms with E-state index in [1.54, 1.807) is 0 Å². The zero-order valence-electron chi connectivity index (χ0n) is 23.0. The van der Waals surface area contributed by atoms with Gasteiger partial charge in [-0.15, -0.1) is 0 Å². The van der Waals surface area contributed by atoms with Gasteiger partial charge in [0.15, 0.2) is 5.82 Å². The molecule has 0 saturated carbocycles. The smallest absolute Gasteiger partial charge is 0.222 e. The zero-order chi connectivity index (χ0) is 26.3. The van der Waals surface area contributed by atoms with Gasteiger partial charge in [-0.25, -0.2) is 4.68 Å². The van der Waals surface area contributed by atoms with Crippen LogP contribution in [0.5, 0.6) is 0 Å². The molecule has 1 aliphatic heterocycles. The molecule has 1 saturated heterocycles. The number of fused-ring (bicyclic) bond motifs is 1. The van der Waals surface area contributed by atoms with E-state index in [-0.39, 0.29) is 5.91 Å². The Balaban J connectivity index is 0.000000434. The molecule has 1 aromatic carbocycles. The van der Waals surface area contributed by atoms with Crippen molar-refractivity contribution in [3.63, 3.8) is 0 Å². The third-order valence-electron chi connectivity index (χ3n) is 6.21. The van der Waals surface area contributed by atoms with Crippen molar-refractivity contribution in [2.75, 3.05) is 58.7 Å². The molecule has 0 bridgehead atoms. The van der Waals surface area contributed by atoms with Gasteiger partial charge in [-0.3, -0.25) is 9.69 Å². The summed E-state index contributed by atoms with van der Waals surface area (Å²) in [4.78, 5) is 18.4. The Bertz CT molecular complexity index is 998. The zero-order valence-corrected chi connectivity index (χ0v) is 23.0. The molecule has 3 rings (SSSR count). The summed E-state index contributed by atoms with van der Waals surface area (Å²) in [5, 5.41) is 9.51. The average molecular weight is 495 g/mol. The lowest BCUT2D eigenvalue weighted by Gasteiger charge is -2.34. The van der Waals surface area contributed by atoms with E-state index in [9.17, 15) is 4.79 Å². The maximum absolute atomic E-state index is 11.9. The summed E-state index contributed by atoms with van der Waals surface area (Å²) in [5.41, 5.74) is 2.34. The maximum Gasteiger partial charge on any atom is 0.222 e. The highest BCUT2D eigenvalue weighted by Gasteiger charge is 2.21. The first-order chi connectivity index (χ1) is 17.4. The number of allylic oxidation sites excluding steroid dienone is 5. The molecule has 0 radical (unpaired) electrons. The number of anilines is 1. The van der Waals surface area contributed by atoms with Crippen LogP contribution in [0.2, 0.25) is 0 Å². The standard InChI is InChI=1S/C20H32N6O.C9H14/c1-4-19(27)25-14-12-24(13-15-25)16-26-18-9-6-5-8-17(18)20(22-26)21-10-7-11-23(2)3;1-4-7-8-9(5-2)6-3/h5-6,8-9H,4,7,10-16H2,1-3H3,(H,21,22);5-8H,2,4H2,1,3H3/b;8-7-,9-6-. The van der Waals surface area contributed by atoms with E-state index in [4.69, 9.17) is 5.10 Å². The Morgan fingerprint density at radius 3 is 2.50 bits per heavy atom. The molecule has 0 atom stereocenters. The molecule has 1 fully saturated rings. The van der Waals surface area contributed by atoms with Crippen LogP contribution in [0, 0.1) is 0 Å². The number of benzene rings is 1. The van der Waals surface area contributed by atoms with Crippen molar-refractivity contribution in [3.05, 3.63) is 60.7 Å². The Kier molecular flexibility index (Phi) is 13.0. The number of aromatic nitrogens is 2. The molecular weight excluding hydrogens is 448 g/mol. The summed E-state index contributed by atoms with van der Waals surface area (Å²) < 4.78 is 2.08. The maximum atomic E-state index is 11.9.